The van der Waals surface area contributed by atoms with E-state index in [1.807, 2.05) is 13.0 Å². The van der Waals surface area contributed by atoms with Crippen LogP contribution in [0.4, 0.5) is 4.39 Å². The van der Waals surface area contributed by atoms with Crippen molar-refractivity contribution in [1.82, 2.24) is 5.32 Å². The summed E-state index contributed by atoms with van der Waals surface area (Å²) in [6, 6.07) is 5.06. The SMILES string of the molecule is CCCOCC(NCC)c1ccc(F)cc1C. The van der Waals surface area contributed by atoms with E-state index in [4.69, 9.17) is 4.74 Å². The van der Waals surface area contributed by atoms with Gasteiger partial charge in [0.25, 0.3) is 0 Å². The summed E-state index contributed by atoms with van der Waals surface area (Å²) in [7, 11) is 0. The molecule has 0 fully saturated rings. The molecule has 0 bridgehead atoms. The maximum absolute atomic E-state index is 13.1. The predicted molar refractivity (Wildman–Crippen MR) is 68.7 cm³/mol. The van der Waals surface area contributed by atoms with E-state index < -0.39 is 0 Å². The van der Waals surface area contributed by atoms with Crippen molar-refractivity contribution in [3.8, 4) is 0 Å². The van der Waals surface area contributed by atoms with Crippen LogP contribution >= 0.6 is 0 Å². The van der Waals surface area contributed by atoms with Crippen LogP contribution < -0.4 is 5.32 Å². The van der Waals surface area contributed by atoms with Crippen molar-refractivity contribution < 1.29 is 9.13 Å². The van der Waals surface area contributed by atoms with Gasteiger partial charge >= 0.3 is 0 Å². The average molecular weight is 239 g/mol. The van der Waals surface area contributed by atoms with Gasteiger partial charge in [0.1, 0.15) is 5.82 Å². The van der Waals surface area contributed by atoms with Gasteiger partial charge in [0.15, 0.2) is 0 Å². The molecule has 1 aromatic carbocycles. The number of aryl methyl sites for hydroxylation is 1. The third-order valence-electron chi connectivity index (χ3n) is 2.69. The molecule has 0 aliphatic heterocycles. The molecule has 0 radical (unpaired) electrons. The Hall–Kier alpha value is -0.930. The first kappa shape index (κ1) is 14.1. The molecule has 0 saturated heterocycles. The van der Waals surface area contributed by atoms with Crippen molar-refractivity contribution in [2.75, 3.05) is 19.8 Å². The van der Waals surface area contributed by atoms with Crippen LogP contribution in [0.1, 0.15) is 37.4 Å². The second-order valence-corrected chi connectivity index (χ2v) is 4.19. The predicted octanol–water partition coefficient (Wildman–Crippen LogP) is 3.21. The van der Waals surface area contributed by atoms with Gasteiger partial charge in [0, 0.05) is 6.61 Å². The summed E-state index contributed by atoms with van der Waals surface area (Å²) < 4.78 is 18.6. The first-order valence-corrected chi connectivity index (χ1v) is 6.26. The first-order valence-electron chi connectivity index (χ1n) is 6.26. The van der Waals surface area contributed by atoms with Crippen LogP contribution in [0.5, 0.6) is 0 Å². The van der Waals surface area contributed by atoms with Crippen LogP contribution in [-0.2, 0) is 4.74 Å². The van der Waals surface area contributed by atoms with Gasteiger partial charge in [-0.3, -0.25) is 0 Å². The van der Waals surface area contributed by atoms with Crippen molar-refractivity contribution in [1.29, 1.82) is 0 Å². The number of ether oxygens (including phenoxy) is 1. The zero-order valence-electron chi connectivity index (χ0n) is 10.9. The van der Waals surface area contributed by atoms with Gasteiger partial charge in [-0.25, -0.2) is 4.39 Å². The van der Waals surface area contributed by atoms with Crippen LogP contribution in [0.25, 0.3) is 0 Å². The first-order chi connectivity index (χ1) is 8.19. The van der Waals surface area contributed by atoms with E-state index in [1.165, 1.54) is 6.07 Å². The van der Waals surface area contributed by atoms with E-state index in [1.54, 1.807) is 6.07 Å². The van der Waals surface area contributed by atoms with E-state index in [9.17, 15) is 4.39 Å². The van der Waals surface area contributed by atoms with E-state index in [2.05, 4.69) is 19.2 Å². The molecule has 0 aliphatic rings. The van der Waals surface area contributed by atoms with E-state index in [-0.39, 0.29) is 11.9 Å². The number of rotatable bonds is 7. The smallest absolute Gasteiger partial charge is 0.123 e. The lowest BCUT2D eigenvalue weighted by molar-refractivity contribution is 0.112. The molecule has 1 atom stereocenters. The average Bonchev–Trinajstić information content (AvgIpc) is 2.28. The molecule has 0 aromatic heterocycles. The Kier molecular flexibility index (Phi) is 6.16. The molecule has 96 valence electrons. The van der Waals surface area contributed by atoms with Gasteiger partial charge in [-0.1, -0.05) is 19.9 Å². The van der Waals surface area contributed by atoms with Gasteiger partial charge < -0.3 is 10.1 Å². The summed E-state index contributed by atoms with van der Waals surface area (Å²) in [5.41, 5.74) is 2.08. The lowest BCUT2D eigenvalue weighted by Crippen LogP contribution is -2.26. The van der Waals surface area contributed by atoms with Crippen molar-refractivity contribution in [3.05, 3.63) is 35.1 Å². The Morgan fingerprint density at radius 3 is 2.71 bits per heavy atom. The molecule has 2 nitrogen and oxygen atoms in total. The number of hydrogen-bond acceptors (Lipinski definition) is 2. The number of benzene rings is 1. The summed E-state index contributed by atoms with van der Waals surface area (Å²) in [6.45, 7) is 8.35. The van der Waals surface area contributed by atoms with Gasteiger partial charge in [-0.15, -0.1) is 0 Å². The van der Waals surface area contributed by atoms with Crippen molar-refractivity contribution in [3.63, 3.8) is 0 Å². The highest BCUT2D eigenvalue weighted by Crippen LogP contribution is 2.19. The standard InChI is InChI=1S/C14H22FNO/c1-4-8-17-10-14(16-5-2)13-7-6-12(15)9-11(13)3/h6-7,9,14,16H,4-5,8,10H2,1-3H3. The Morgan fingerprint density at radius 1 is 1.35 bits per heavy atom. The molecule has 0 spiro atoms. The van der Waals surface area contributed by atoms with E-state index in [0.717, 1.165) is 30.7 Å². The minimum absolute atomic E-state index is 0.146. The lowest BCUT2D eigenvalue weighted by Gasteiger charge is -2.20. The maximum atomic E-state index is 13.1. The third-order valence-corrected chi connectivity index (χ3v) is 2.69. The fraction of sp³-hybridized carbons (Fsp3) is 0.571. The molecular formula is C14H22FNO. The van der Waals surface area contributed by atoms with Gasteiger partial charge in [-0.2, -0.15) is 0 Å². The van der Waals surface area contributed by atoms with Crippen LogP contribution in [0, 0.1) is 12.7 Å². The molecule has 0 aliphatic carbocycles. The molecule has 1 unspecified atom stereocenters. The molecule has 0 saturated carbocycles. The van der Waals surface area contributed by atoms with Gasteiger partial charge in [-0.05, 0) is 43.1 Å². The molecular weight excluding hydrogens is 217 g/mol. The number of hydrogen-bond donors (Lipinski definition) is 1. The molecule has 1 aromatic rings. The summed E-state index contributed by atoms with van der Waals surface area (Å²) in [5.74, 6) is -0.184. The zero-order valence-corrected chi connectivity index (χ0v) is 10.9. The lowest BCUT2D eigenvalue weighted by atomic mass is 10.0. The van der Waals surface area contributed by atoms with Crippen molar-refractivity contribution >= 4 is 0 Å². The monoisotopic (exact) mass is 239 g/mol. The molecule has 1 N–H and O–H groups in total. The zero-order chi connectivity index (χ0) is 12.7. The van der Waals surface area contributed by atoms with Crippen LogP contribution in [0.2, 0.25) is 0 Å². The molecule has 3 heteroatoms. The van der Waals surface area contributed by atoms with Crippen molar-refractivity contribution in [2.24, 2.45) is 0 Å². The Labute approximate surface area is 103 Å². The molecule has 0 amide bonds. The fourth-order valence-electron chi connectivity index (χ4n) is 1.88. The molecule has 17 heavy (non-hydrogen) atoms. The topological polar surface area (TPSA) is 21.3 Å². The molecule has 0 heterocycles. The quantitative estimate of drug-likeness (QED) is 0.738. The van der Waals surface area contributed by atoms with E-state index >= 15 is 0 Å². The Morgan fingerprint density at radius 2 is 2.12 bits per heavy atom. The Bertz CT molecular complexity index is 341. The maximum Gasteiger partial charge on any atom is 0.123 e. The highest BCUT2D eigenvalue weighted by atomic mass is 19.1. The second kappa shape index (κ2) is 7.41. The number of likely N-dealkylation sites (N-methyl/N-ethyl adjacent to an activating group) is 1. The highest BCUT2D eigenvalue weighted by molar-refractivity contribution is 5.29. The van der Waals surface area contributed by atoms with Crippen molar-refractivity contribution in [2.45, 2.75) is 33.2 Å². The minimum Gasteiger partial charge on any atom is -0.379 e. The summed E-state index contributed by atoms with van der Waals surface area (Å²) >= 11 is 0. The van der Waals surface area contributed by atoms with Crippen LogP contribution in [0.15, 0.2) is 18.2 Å². The molecule has 1 rings (SSSR count). The normalized spacial score (nSPS) is 12.7. The van der Waals surface area contributed by atoms with Crippen LogP contribution in [0.3, 0.4) is 0 Å². The largest absolute Gasteiger partial charge is 0.379 e. The van der Waals surface area contributed by atoms with E-state index in [0.29, 0.717) is 6.61 Å². The summed E-state index contributed by atoms with van der Waals surface area (Å²) in [4.78, 5) is 0. The number of nitrogens with one attached hydrogen (secondary N) is 1. The minimum atomic E-state index is -0.184. The fourth-order valence-corrected chi connectivity index (χ4v) is 1.88. The number of halogens is 1. The summed E-state index contributed by atoms with van der Waals surface area (Å²) in [6.07, 6.45) is 1.02. The second-order valence-electron chi connectivity index (χ2n) is 4.19. The highest BCUT2D eigenvalue weighted by Gasteiger charge is 2.13. The Balaban J connectivity index is 2.74. The van der Waals surface area contributed by atoms with Crippen LogP contribution in [-0.4, -0.2) is 19.8 Å². The third kappa shape index (κ3) is 4.44. The summed E-state index contributed by atoms with van der Waals surface area (Å²) in [5, 5.41) is 3.37. The van der Waals surface area contributed by atoms with Gasteiger partial charge in [0.2, 0.25) is 0 Å². The van der Waals surface area contributed by atoms with Gasteiger partial charge in [0.05, 0.1) is 12.6 Å².